The number of nitrogens with zero attached hydrogens (tertiary/aromatic N) is 2. The zero-order valence-electron chi connectivity index (χ0n) is 34.5. The molecule has 0 spiro atoms. The summed E-state index contributed by atoms with van der Waals surface area (Å²) in [5.41, 5.74) is 14.2. The summed E-state index contributed by atoms with van der Waals surface area (Å²) in [6.45, 7) is 0. The van der Waals surface area contributed by atoms with Crippen molar-refractivity contribution < 1.29 is 0 Å². The van der Waals surface area contributed by atoms with Crippen molar-refractivity contribution >= 4 is 107 Å². The maximum atomic E-state index is 2.51. The zero-order chi connectivity index (χ0) is 41.9. The molecule has 0 aliphatic heterocycles. The first kappa shape index (κ1) is 35.8. The first-order chi connectivity index (χ1) is 31.7. The van der Waals surface area contributed by atoms with Gasteiger partial charge in [-0.15, -0.1) is 22.7 Å². The highest BCUT2D eigenvalue weighted by atomic mass is 32.1. The zero-order valence-corrected chi connectivity index (χ0v) is 36.1. The van der Waals surface area contributed by atoms with Crippen molar-refractivity contribution in [2.45, 2.75) is 0 Å². The van der Waals surface area contributed by atoms with Crippen LogP contribution < -0.4 is 0 Å². The lowest BCUT2D eigenvalue weighted by molar-refractivity contribution is 1.14. The van der Waals surface area contributed by atoms with Crippen molar-refractivity contribution in [3.8, 4) is 44.8 Å². The predicted octanol–water partition coefficient (Wildman–Crippen LogP) is 17.6. The van der Waals surface area contributed by atoms with Crippen LogP contribution in [0.25, 0.3) is 129 Å². The van der Waals surface area contributed by atoms with Crippen LogP contribution in [0.15, 0.2) is 218 Å². The normalized spacial score (nSPS) is 12.1. The minimum atomic E-state index is 1.12. The van der Waals surface area contributed by atoms with Crippen LogP contribution >= 0.6 is 22.7 Å². The van der Waals surface area contributed by atoms with Gasteiger partial charge < -0.3 is 9.13 Å². The minimum absolute atomic E-state index is 1.12. The van der Waals surface area contributed by atoms with Gasteiger partial charge in [0.15, 0.2) is 0 Å². The van der Waals surface area contributed by atoms with E-state index in [1.165, 1.54) is 112 Å². The number of fused-ring (bicyclic) bond motifs is 14. The van der Waals surface area contributed by atoms with Gasteiger partial charge in [0.1, 0.15) is 0 Å². The van der Waals surface area contributed by atoms with E-state index < -0.39 is 0 Å². The van der Waals surface area contributed by atoms with Crippen LogP contribution in [-0.2, 0) is 0 Å². The van der Waals surface area contributed by atoms with Gasteiger partial charge >= 0.3 is 0 Å². The molecule has 0 N–H and O–H groups in total. The fourth-order valence-electron chi connectivity index (χ4n) is 10.5. The van der Waals surface area contributed by atoms with Crippen molar-refractivity contribution in [2.24, 2.45) is 0 Å². The number of rotatable bonds is 5. The molecule has 0 unspecified atom stereocenters. The maximum Gasteiger partial charge on any atom is 0.0555 e. The van der Waals surface area contributed by atoms with Crippen molar-refractivity contribution in [1.82, 2.24) is 9.13 Å². The third-order valence-corrected chi connectivity index (χ3v) is 15.7. The average molecular weight is 849 g/mol. The van der Waals surface area contributed by atoms with Crippen LogP contribution in [0.2, 0.25) is 0 Å². The van der Waals surface area contributed by atoms with Crippen molar-refractivity contribution in [3.05, 3.63) is 218 Å². The van der Waals surface area contributed by atoms with Gasteiger partial charge in [-0.25, -0.2) is 0 Å². The number of hydrogen-bond acceptors (Lipinski definition) is 2. The van der Waals surface area contributed by atoms with Gasteiger partial charge in [-0.05, 0) is 94.0 Å². The molecule has 0 atom stereocenters. The molecule has 298 valence electrons. The van der Waals surface area contributed by atoms with Crippen LogP contribution in [0.5, 0.6) is 0 Å². The summed E-state index contributed by atoms with van der Waals surface area (Å²) in [5, 5.41) is 10.4. The van der Waals surface area contributed by atoms with Crippen LogP contribution in [0, 0.1) is 0 Å². The number of hydrogen-bond donors (Lipinski definition) is 0. The Morgan fingerprint density at radius 2 is 0.734 bits per heavy atom. The number of thiophene rings is 2. The Balaban J connectivity index is 1.11. The maximum absolute atomic E-state index is 2.51. The highest BCUT2D eigenvalue weighted by molar-refractivity contribution is 7.27. The molecule has 0 amide bonds. The molecule has 14 aromatic rings. The Morgan fingerprint density at radius 3 is 1.28 bits per heavy atom. The molecular formula is C60H36N2S2. The molecule has 0 aliphatic carbocycles. The van der Waals surface area contributed by atoms with Gasteiger partial charge in [-0.3, -0.25) is 0 Å². The van der Waals surface area contributed by atoms with E-state index in [0.29, 0.717) is 0 Å². The largest absolute Gasteiger partial charge is 0.309 e. The van der Waals surface area contributed by atoms with E-state index in [9.17, 15) is 0 Å². The quantitative estimate of drug-likeness (QED) is 0.163. The van der Waals surface area contributed by atoms with Crippen LogP contribution in [0.3, 0.4) is 0 Å². The second kappa shape index (κ2) is 13.9. The number of para-hydroxylation sites is 2. The lowest BCUT2D eigenvalue weighted by atomic mass is 9.90. The smallest absolute Gasteiger partial charge is 0.0555 e. The molecule has 0 radical (unpaired) electrons. The molecule has 0 saturated carbocycles. The first-order valence-electron chi connectivity index (χ1n) is 21.8. The second-order valence-electron chi connectivity index (χ2n) is 16.8. The monoisotopic (exact) mass is 848 g/mol. The third kappa shape index (κ3) is 5.24. The molecule has 0 saturated heterocycles. The standard InChI is InChI=1S/C60H36N2S2/c1-3-15-37(16-4-1)39-27-28-43(50(35-39)38-17-5-2-6-18-38)40-33-41(61-51-23-11-7-21-48(51)57-53(61)31-29-46-44-19-9-13-25-55(44)63-59(46)57)36-42(34-40)62-52-24-12-8-22-49(52)58-54(62)32-30-47-45-20-10-14-26-56(45)64-60(47)58/h1-36H. The van der Waals surface area contributed by atoms with E-state index in [1.54, 1.807) is 0 Å². The molecule has 64 heavy (non-hydrogen) atoms. The van der Waals surface area contributed by atoms with E-state index in [4.69, 9.17) is 0 Å². The van der Waals surface area contributed by atoms with E-state index in [1.807, 2.05) is 22.7 Å². The number of benzene rings is 10. The summed E-state index contributed by atoms with van der Waals surface area (Å²) < 4.78 is 10.3. The molecule has 0 bridgehead atoms. The Bertz CT molecular complexity index is 3980. The molecule has 0 aliphatic rings. The van der Waals surface area contributed by atoms with E-state index >= 15 is 0 Å². The van der Waals surface area contributed by atoms with Gasteiger partial charge in [0.2, 0.25) is 0 Å². The van der Waals surface area contributed by atoms with Gasteiger partial charge in [-0.1, -0.05) is 158 Å². The molecule has 10 aromatic carbocycles. The third-order valence-electron chi connectivity index (χ3n) is 13.3. The average Bonchev–Trinajstić information content (AvgIpc) is 4.12. The second-order valence-corrected chi connectivity index (χ2v) is 18.9. The van der Waals surface area contributed by atoms with Gasteiger partial charge in [-0.2, -0.15) is 0 Å². The van der Waals surface area contributed by atoms with E-state index in [2.05, 4.69) is 228 Å². The summed E-state index contributed by atoms with van der Waals surface area (Å²) in [4.78, 5) is 0. The van der Waals surface area contributed by atoms with Gasteiger partial charge in [0.05, 0.1) is 22.1 Å². The summed E-state index contributed by atoms with van der Waals surface area (Å²) in [6, 6.07) is 80.9. The molecule has 4 aromatic heterocycles. The van der Waals surface area contributed by atoms with Crippen molar-refractivity contribution in [2.75, 3.05) is 0 Å². The highest BCUT2D eigenvalue weighted by Gasteiger charge is 2.22. The topological polar surface area (TPSA) is 9.86 Å². The Hall–Kier alpha value is -7.76. The molecular weight excluding hydrogens is 813 g/mol. The van der Waals surface area contributed by atoms with Crippen LogP contribution in [0.1, 0.15) is 0 Å². The first-order valence-corrected chi connectivity index (χ1v) is 23.5. The van der Waals surface area contributed by atoms with Gasteiger partial charge in [0, 0.05) is 73.3 Å². The molecule has 4 heteroatoms. The highest BCUT2D eigenvalue weighted by Crippen LogP contribution is 2.47. The molecule has 2 nitrogen and oxygen atoms in total. The fourth-order valence-corrected chi connectivity index (χ4v) is 13.0. The SMILES string of the molecule is c1ccc(-c2ccc(-c3cc(-n4c5ccccc5c5c6sc7ccccc7c6ccc54)cc(-n4c5ccccc5c5c6sc7ccccc7c6ccc54)c3)c(-c3ccccc3)c2)cc1. The van der Waals surface area contributed by atoms with Crippen LogP contribution in [0.4, 0.5) is 0 Å². The lowest BCUT2D eigenvalue weighted by Gasteiger charge is -2.18. The molecule has 0 fully saturated rings. The predicted molar refractivity (Wildman–Crippen MR) is 277 cm³/mol. The molecule has 14 rings (SSSR count). The Labute approximate surface area is 376 Å². The van der Waals surface area contributed by atoms with Crippen LogP contribution in [-0.4, -0.2) is 9.13 Å². The van der Waals surface area contributed by atoms with Crippen molar-refractivity contribution in [3.63, 3.8) is 0 Å². The Kier molecular flexibility index (Phi) is 7.76. The summed E-state index contributed by atoms with van der Waals surface area (Å²) in [7, 11) is 0. The van der Waals surface area contributed by atoms with E-state index in [-0.39, 0.29) is 0 Å². The summed E-state index contributed by atoms with van der Waals surface area (Å²) in [5.74, 6) is 0. The summed E-state index contributed by atoms with van der Waals surface area (Å²) in [6.07, 6.45) is 0. The fraction of sp³-hybridized carbons (Fsp3) is 0. The van der Waals surface area contributed by atoms with E-state index in [0.717, 1.165) is 16.9 Å². The molecule has 4 heterocycles. The Morgan fingerprint density at radius 1 is 0.266 bits per heavy atom. The van der Waals surface area contributed by atoms with Crippen molar-refractivity contribution in [1.29, 1.82) is 0 Å². The number of aromatic nitrogens is 2. The summed E-state index contributed by atoms with van der Waals surface area (Å²) >= 11 is 3.81. The lowest BCUT2D eigenvalue weighted by Crippen LogP contribution is -2.00. The van der Waals surface area contributed by atoms with Gasteiger partial charge in [0.25, 0.3) is 0 Å². The minimum Gasteiger partial charge on any atom is -0.309 e.